The van der Waals surface area contributed by atoms with Crippen molar-refractivity contribution in [3.63, 3.8) is 0 Å². The molecule has 1 aliphatic heterocycles. The van der Waals surface area contributed by atoms with E-state index in [-0.39, 0.29) is 41.9 Å². The number of amides is 1. The monoisotopic (exact) mass is 497 g/mol. The fourth-order valence-corrected chi connectivity index (χ4v) is 4.42. The van der Waals surface area contributed by atoms with E-state index >= 15 is 0 Å². The van der Waals surface area contributed by atoms with Gasteiger partial charge in [0.05, 0.1) is 18.3 Å². The molecule has 1 fully saturated rings. The average Bonchev–Trinajstić information content (AvgIpc) is 3.55. The van der Waals surface area contributed by atoms with Gasteiger partial charge in [0.1, 0.15) is 11.6 Å². The van der Waals surface area contributed by atoms with Crippen LogP contribution in [0.25, 0.3) is 32.8 Å². The number of fused-ring (bicyclic) bond motifs is 1. The lowest BCUT2D eigenvalue weighted by molar-refractivity contribution is -0.142. The van der Waals surface area contributed by atoms with Crippen LogP contribution in [0.1, 0.15) is 22.6 Å². The number of hydrogen-bond donors (Lipinski definition) is 1. The van der Waals surface area contributed by atoms with Gasteiger partial charge in [0.15, 0.2) is 11.4 Å². The van der Waals surface area contributed by atoms with Crippen molar-refractivity contribution in [1.82, 2.24) is 24.2 Å². The molecule has 8 nitrogen and oxygen atoms in total. The summed E-state index contributed by atoms with van der Waals surface area (Å²) in [6.07, 6.45) is -3.01. The van der Waals surface area contributed by atoms with Crippen LogP contribution in [-0.2, 0) is 13.2 Å². The fourth-order valence-electron chi connectivity index (χ4n) is 4.42. The topological polar surface area (TPSA) is 86.3 Å². The molecule has 0 bridgehead atoms. The van der Waals surface area contributed by atoms with E-state index in [1.165, 1.54) is 29.3 Å². The molecule has 1 aliphatic rings. The number of aromatic nitrogens is 4. The zero-order chi connectivity index (χ0) is 25.8. The summed E-state index contributed by atoms with van der Waals surface area (Å²) in [5.74, 6) is -2.10. The summed E-state index contributed by atoms with van der Waals surface area (Å²) in [6.45, 7) is 7.36. The first-order valence-corrected chi connectivity index (χ1v) is 10.9. The van der Waals surface area contributed by atoms with Crippen LogP contribution in [0.2, 0.25) is 0 Å². The number of likely N-dealkylation sites (tertiary alicyclic amines) is 1. The Balaban J connectivity index is 1.80. The molecule has 0 spiro atoms. The highest BCUT2D eigenvalue weighted by Crippen LogP contribution is 2.39. The number of nitrogens with two attached hydrogens (primary N) is 1. The van der Waals surface area contributed by atoms with E-state index in [1.54, 1.807) is 17.8 Å². The number of hydrogen-bond acceptors (Lipinski definition) is 4. The molecule has 36 heavy (non-hydrogen) atoms. The predicted molar refractivity (Wildman–Crippen MR) is 123 cm³/mol. The number of carbonyl (C=O) groups is 1. The smallest absolute Gasteiger partial charge is 0.336 e. The second-order valence-electron chi connectivity index (χ2n) is 8.56. The van der Waals surface area contributed by atoms with Crippen molar-refractivity contribution in [3.8, 4) is 17.1 Å². The third-order valence-corrected chi connectivity index (χ3v) is 6.17. The Morgan fingerprint density at radius 1 is 1.22 bits per heavy atom. The molecule has 0 radical (unpaired) electrons. The van der Waals surface area contributed by atoms with Crippen molar-refractivity contribution in [2.75, 3.05) is 13.1 Å². The second-order valence-corrected chi connectivity index (χ2v) is 8.56. The molecule has 4 aromatic rings. The number of halogens is 4. The van der Waals surface area contributed by atoms with Gasteiger partial charge in [0, 0.05) is 42.8 Å². The number of carbonyl (C=O) groups excluding carboxylic acids is 1. The first kappa shape index (κ1) is 23.5. The second kappa shape index (κ2) is 8.46. The maximum atomic E-state index is 14.6. The molecule has 5 rings (SSSR count). The lowest BCUT2D eigenvalue weighted by atomic mass is 10.1. The molecule has 0 saturated carbocycles. The Kier molecular flexibility index (Phi) is 5.52. The summed E-state index contributed by atoms with van der Waals surface area (Å²) in [4.78, 5) is 21.7. The molecule has 184 valence electrons. The first-order valence-electron chi connectivity index (χ1n) is 10.9. The zero-order valence-corrected chi connectivity index (χ0v) is 18.9. The highest BCUT2D eigenvalue weighted by atomic mass is 19.4. The summed E-state index contributed by atoms with van der Waals surface area (Å²) in [6, 6.07) is 7.61. The number of benzene rings is 2. The molecular formula is C24H19F4N7O. The summed E-state index contributed by atoms with van der Waals surface area (Å²) in [5.41, 5.74) is 4.24. The molecule has 1 saturated heterocycles. The van der Waals surface area contributed by atoms with Crippen LogP contribution in [-0.4, -0.2) is 49.3 Å². The zero-order valence-electron chi connectivity index (χ0n) is 18.9. The molecule has 3 heterocycles. The minimum absolute atomic E-state index is 0.0196. The van der Waals surface area contributed by atoms with Gasteiger partial charge in [-0.3, -0.25) is 14.0 Å². The highest BCUT2D eigenvalue weighted by Gasteiger charge is 2.44. The summed E-state index contributed by atoms with van der Waals surface area (Å²) >= 11 is 0. The SMILES string of the molecule is [C-]#[N+]c1ccc(-c2nc(C(=O)N3CC[C@H](N)C3)c(C(F)(F)F)n2-c2ccc3c(cnn3C)c2)cc1F. The van der Waals surface area contributed by atoms with Gasteiger partial charge in [-0.05, 0) is 30.7 Å². The van der Waals surface area contributed by atoms with Crippen molar-refractivity contribution in [1.29, 1.82) is 0 Å². The van der Waals surface area contributed by atoms with Gasteiger partial charge in [-0.1, -0.05) is 12.1 Å². The van der Waals surface area contributed by atoms with E-state index in [0.717, 1.165) is 16.7 Å². The average molecular weight is 497 g/mol. The Morgan fingerprint density at radius 2 is 2.00 bits per heavy atom. The Morgan fingerprint density at radius 3 is 2.64 bits per heavy atom. The normalized spacial score (nSPS) is 16.0. The van der Waals surface area contributed by atoms with Crippen molar-refractivity contribution in [2.45, 2.75) is 18.6 Å². The van der Waals surface area contributed by atoms with E-state index in [9.17, 15) is 22.4 Å². The van der Waals surface area contributed by atoms with Crippen molar-refractivity contribution in [2.24, 2.45) is 12.8 Å². The molecule has 0 unspecified atom stereocenters. The third kappa shape index (κ3) is 3.87. The van der Waals surface area contributed by atoms with Crippen LogP contribution in [0.4, 0.5) is 23.2 Å². The van der Waals surface area contributed by atoms with E-state index in [2.05, 4.69) is 14.9 Å². The molecule has 2 aromatic heterocycles. The number of alkyl halides is 3. The van der Waals surface area contributed by atoms with Crippen LogP contribution in [0, 0.1) is 12.4 Å². The summed E-state index contributed by atoms with van der Waals surface area (Å²) in [7, 11) is 1.70. The molecule has 1 amide bonds. The van der Waals surface area contributed by atoms with Crippen LogP contribution in [0.5, 0.6) is 0 Å². The van der Waals surface area contributed by atoms with E-state index in [0.29, 0.717) is 17.3 Å². The molecular weight excluding hydrogens is 478 g/mol. The summed E-state index contributed by atoms with van der Waals surface area (Å²) in [5, 5.41) is 4.69. The summed E-state index contributed by atoms with van der Waals surface area (Å²) < 4.78 is 60.6. The van der Waals surface area contributed by atoms with Gasteiger partial charge < -0.3 is 10.6 Å². The lowest BCUT2D eigenvalue weighted by Crippen LogP contribution is -2.33. The number of nitrogens with zero attached hydrogens (tertiary/aromatic N) is 6. The predicted octanol–water partition coefficient (Wildman–Crippen LogP) is 4.31. The van der Waals surface area contributed by atoms with Gasteiger partial charge in [0.2, 0.25) is 5.69 Å². The standard InChI is InChI=1S/C24H19F4N7O/c1-30-18-5-3-13(10-17(18)25)22-32-20(23(36)34-8-7-15(29)12-34)21(24(26,27)28)35(22)16-4-6-19-14(9-16)11-31-33(19)2/h3-6,9-11,15H,7-8,12,29H2,2H3/t15-/m0/s1. The molecule has 0 aliphatic carbocycles. The number of imidazole rings is 1. The largest absolute Gasteiger partial charge is 0.434 e. The van der Waals surface area contributed by atoms with Crippen molar-refractivity contribution < 1.29 is 22.4 Å². The van der Waals surface area contributed by atoms with E-state index < -0.39 is 29.3 Å². The Labute approximate surface area is 202 Å². The molecule has 1 atom stereocenters. The van der Waals surface area contributed by atoms with Crippen LogP contribution in [0.3, 0.4) is 0 Å². The highest BCUT2D eigenvalue weighted by molar-refractivity contribution is 5.95. The Bertz CT molecular complexity index is 1550. The molecule has 2 N–H and O–H groups in total. The fraction of sp³-hybridized carbons (Fsp3) is 0.250. The van der Waals surface area contributed by atoms with Crippen LogP contribution >= 0.6 is 0 Å². The third-order valence-electron chi connectivity index (χ3n) is 6.17. The van der Waals surface area contributed by atoms with Gasteiger partial charge in [-0.2, -0.15) is 18.3 Å². The van der Waals surface area contributed by atoms with Gasteiger partial charge >= 0.3 is 6.18 Å². The minimum atomic E-state index is -4.98. The van der Waals surface area contributed by atoms with Crippen LogP contribution < -0.4 is 5.73 Å². The van der Waals surface area contributed by atoms with Crippen LogP contribution in [0.15, 0.2) is 42.6 Å². The Hall–Kier alpha value is -4.24. The van der Waals surface area contributed by atoms with E-state index in [4.69, 9.17) is 12.3 Å². The minimum Gasteiger partial charge on any atom is -0.336 e. The first-order chi connectivity index (χ1) is 17.1. The molecule has 2 aromatic carbocycles. The number of aryl methyl sites for hydroxylation is 1. The quantitative estimate of drug-likeness (QED) is 0.338. The molecule has 12 heteroatoms. The van der Waals surface area contributed by atoms with Gasteiger partial charge in [0.25, 0.3) is 5.91 Å². The van der Waals surface area contributed by atoms with Gasteiger partial charge in [-0.25, -0.2) is 14.2 Å². The van der Waals surface area contributed by atoms with E-state index in [1.807, 2.05) is 0 Å². The maximum absolute atomic E-state index is 14.6. The lowest BCUT2D eigenvalue weighted by Gasteiger charge is -2.18. The maximum Gasteiger partial charge on any atom is 0.434 e. The van der Waals surface area contributed by atoms with Crippen molar-refractivity contribution in [3.05, 3.63) is 71.2 Å². The van der Waals surface area contributed by atoms with Gasteiger partial charge in [-0.15, -0.1) is 0 Å². The van der Waals surface area contributed by atoms with Crippen molar-refractivity contribution >= 4 is 22.5 Å². The number of rotatable bonds is 3.